The van der Waals surface area contributed by atoms with E-state index in [4.69, 9.17) is 21.1 Å². The molecule has 5 nitrogen and oxygen atoms in total. The molecule has 7 heteroatoms. The first-order valence-electron chi connectivity index (χ1n) is 9.37. The van der Waals surface area contributed by atoms with Crippen LogP contribution in [0.1, 0.15) is 5.56 Å². The smallest absolute Gasteiger partial charge is 0.129 e. The molecule has 0 amide bonds. The molecule has 1 saturated heterocycles. The zero-order valence-electron chi connectivity index (χ0n) is 16.0. The number of piperazine rings is 1. The van der Waals surface area contributed by atoms with E-state index in [1.807, 2.05) is 24.3 Å². The van der Waals surface area contributed by atoms with E-state index in [0.717, 1.165) is 31.9 Å². The average molecular weight is 409 g/mol. The van der Waals surface area contributed by atoms with E-state index in [2.05, 4.69) is 9.80 Å². The van der Waals surface area contributed by atoms with Crippen molar-refractivity contribution in [3.8, 4) is 11.5 Å². The Morgan fingerprint density at radius 3 is 2.32 bits per heavy atom. The van der Waals surface area contributed by atoms with Gasteiger partial charge in [0.1, 0.15) is 30.0 Å². The van der Waals surface area contributed by atoms with Gasteiger partial charge >= 0.3 is 0 Å². The van der Waals surface area contributed by atoms with Crippen LogP contribution in [0.15, 0.2) is 42.5 Å². The van der Waals surface area contributed by atoms with Gasteiger partial charge < -0.3 is 14.6 Å². The zero-order valence-corrected chi connectivity index (χ0v) is 16.7. The second-order valence-corrected chi connectivity index (χ2v) is 7.32. The summed E-state index contributed by atoms with van der Waals surface area (Å²) in [5.74, 6) is 1.20. The fourth-order valence-electron chi connectivity index (χ4n) is 3.25. The molecule has 0 spiro atoms. The first kappa shape index (κ1) is 20.9. The highest BCUT2D eigenvalue weighted by Crippen LogP contribution is 2.21. The predicted octanol–water partition coefficient (Wildman–Crippen LogP) is 3.05. The standard InChI is InChI=1S/C21H26ClFN2O3/c1-27-17-5-7-18(8-6-17)28-15-16(26)13-24-9-11-25(12-10-24)14-19-20(22)3-2-4-21(19)23/h2-8,16,26H,9-15H2,1H3. The summed E-state index contributed by atoms with van der Waals surface area (Å²) in [7, 11) is 1.62. The number of nitrogens with zero attached hydrogens (tertiary/aromatic N) is 2. The van der Waals surface area contributed by atoms with Gasteiger partial charge in [-0.2, -0.15) is 0 Å². The van der Waals surface area contributed by atoms with E-state index >= 15 is 0 Å². The number of β-amino-alcohol motifs (C(OH)–C–C–N with tert-alkyl or cyclic N) is 1. The van der Waals surface area contributed by atoms with E-state index in [1.54, 1.807) is 19.2 Å². The molecular formula is C21H26ClFN2O3. The quantitative estimate of drug-likeness (QED) is 0.727. The van der Waals surface area contributed by atoms with Crippen LogP contribution in [0.3, 0.4) is 0 Å². The van der Waals surface area contributed by atoms with Crippen molar-refractivity contribution >= 4 is 11.6 Å². The summed E-state index contributed by atoms with van der Waals surface area (Å²) >= 11 is 6.12. The maximum atomic E-state index is 13.9. The molecule has 1 fully saturated rings. The highest BCUT2D eigenvalue weighted by molar-refractivity contribution is 6.31. The van der Waals surface area contributed by atoms with Crippen LogP contribution in [-0.2, 0) is 6.54 Å². The molecule has 1 heterocycles. The molecule has 0 aliphatic carbocycles. The number of hydrogen-bond donors (Lipinski definition) is 1. The number of ether oxygens (including phenoxy) is 2. The molecule has 1 aliphatic heterocycles. The Morgan fingerprint density at radius 1 is 1.04 bits per heavy atom. The van der Waals surface area contributed by atoms with Crippen molar-refractivity contribution in [3.63, 3.8) is 0 Å². The van der Waals surface area contributed by atoms with Gasteiger partial charge in [-0.25, -0.2) is 4.39 Å². The first-order valence-corrected chi connectivity index (χ1v) is 9.75. The van der Waals surface area contributed by atoms with Crippen molar-refractivity contribution in [2.75, 3.05) is 46.4 Å². The van der Waals surface area contributed by atoms with Crippen LogP contribution in [-0.4, -0.2) is 67.5 Å². The van der Waals surface area contributed by atoms with Crippen LogP contribution >= 0.6 is 11.6 Å². The Labute approximate surface area is 170 Å². The zero-order chi connectivity index (χ0) is 19.9. The van der Waals surface area contributed by atoms with Gasteiger partial charge in [0.15, 0.2) is 0 Å². The van der Waals surface area contributed by atoms with E-state index in [1.165, 1.54) is 6.07 Å². The Morgan fingerprint density at radius 2 is 1.68 bits per heavy atom. The number of benzene rings is 2. The molecule has 28 heavy (non-hydrogen) atoms. The lowest BCUT2D eigenvalue weighted by molar-refractivity contribution is 0.0444. The van der Waals surface area contributed by atoms with Crippen molar-refractivity contribution in [2.24, 2.45) is 0 Å². The minimum absolute atomic E-state index is 0.234. The highest BCUT2D eigenvalue weighted by atomic mass is 35.5. The number of rotatable bonds is 8. The maximum Gasteiger partial charge on any atom is 0.129 e. The van der Waals surface area contributed by atoms with E-state index in [-0.39, 0.29) is 12.4 Å². The molecule has 0 radical (unpaired) electrons. The van der Waals surface area contributed by atoms with Crippen LogP contribution in [0, 0.1) is 5.82 Å². The molecule has 1 N–H and O–H groups in total. The summed E-state index contributed by atoms with van der Waals surface area (Å²) < 4.78 is 24.7. The SMILES string of the molecule is COc1ccc(OCC(O)CN2CCN(Cc3c(F)cccc3Cl)CC2)cc1. The van der Waals surface area contributed by atoms with Gasteiger partial charge in [0.25, 0.3) is 0 Å². The molecule has 1 atom stereocenters. The molecule has 2 aromatic carbocycles. The molecule has 2 aromatic rings. The fourth-order valence-corrected chi connectivity index (χ4v) is 3.47. The van der Waals surface area contributed by atoms with Gasteiger partial charge in [0.2, 0.25) is 0 Å². The monoisotopic (exact) mass is 408 g/mol. The van der Waals surface area contributed by atoms with Crippen LogP contribution in [0.2, 0.25) is 5.02 Å². The van der Waals surface area contributed by atoms with Gasteiger partial charge in [0, 0.05) is 49.9 Å². The summed E-state index contributed by atoms with van der Waals surface area (Å²) in [5.41, 5.74) is 0.547. The van der Waals surface area contributed by atoms with Crippen molar-refractivity contribution in [1.82, 2.24) is 9.80 Å². The Kier molecular flexibility index (Phi) is 7.50. The molecule has 1 unspecified atom stereocenters. The van der Waals surface area contributed by atoms with Crippen LogP contribution in [0.25, 0.3) is 0 Å². The molecular weight excluding hydrogens is 383 g/mol. The largest absolute Gasteiger partial charge is 0.497 e. The Balaban J connectivity index is 1.39. The van der Waals surface area contributed by atoms with Crippen LogP contribution in [0.5, 0.6) is 11.5 Å². The third-order valence-corrected chi connectivity index (χ3v) is 5.23. The van der Waals surface area contributed by atoms with Crippen molar-refractivity contribution < 1.29 is 19.0 Å². The van der Waals surface area contributed by atoms with Crippen molar-refractivity contribution in [3.05, 3.63) is 58.9 Å². The topological polar surface area (TPSA) is 45.2 Å². The molecule has 3 rings (SSSR count). The average Bonchev–Trinajstić information content (AvgIpc) is 2.71. The third-order valence-electron chi connectivity index (χ3n) is 4.88. The first-order chi connectivity index (χ1) is 13.5. The Bertz CT molecular complexity index is 732. The lowest BCUT2D eigenvalue weighted by atomic mass is 10.1. The van der Waals surface area contributed by atoms with Gasteiger partial charge in [-0.05, 0) is 36.4 Å². The van der Waals surface area contributed by atoms with Gasteiger partial charge in [-0.3, -0.25) is 9.80 Å². The molecule has 152 valence electrons. The third kappa shape index (κ3) is 5.82. The lowest BCUT2D eigenvalue weighted by Gasteiger charge is -2.35. The molecule has 0 aromatic heterocycles. The van der Waals surface area contributed by atoms with Crippen LogP contribution in [0.4, 0.5) is 4.39 Å². The minimum atomic E-state index is -0.574. The second-order valence-electron chi connectivity index (χ2n) is 6.92. The fraction of sp³-hybridized carbons (Fsp3) is 0.429. The number of aliphatic hydroxyl groups excluding tert-OH is 1. The van der Waals surface area contributed by atoms with Gasteiger partial charge in [-0.15, -0.1) is 0 Å². The van der Waals surface area contributed by atoms with E-state index in [0.29, 0.717) is 29.4 Å². The summed E-state index contributed by atoms with van der Waals surface area (Å²) in [6, 6.07) is 12.1. The molecule has 0 bridgehead atoms. The van der Waals surface area contributed by atoms with Gasteiger partial charge in [0.05, 0.1) is 7.11 Å². The summed E-state index contributed by atoms with van der Waals surface area (Å²) in [5, 5.41) is 10.7. The number of halogens is 2. The van der Waals surface area contributed by atoms with Crippen molar-refractivity contribution in [1.29, 1.82) is 0 Å². The summed E-state index contributed by atoms with van der Waals surface area (Å²) in [6.07, 6.45) is -0.574. The maximum absolute atomic E-state index is 13.9. The predicted molar refractivity (Wildman–Crippen MR) is 108 cm³/mol. The summed E-state index contributed by atoms with van der Waals surface area (Å²) in [4.78, 5) is 4.38. The highest BCUT2D eigenvalue weighted by Gasteiger charge is 2.21. The van der Waals surface area contributed by atoms with E-state index < -0.39 is 6.10 Å². The Hall–Kier alpha value is -1.86. The second kappa shape index (κ2) is 10.1. The molecule has 1 aliphatic rings. The van der Waals surface area contributed by atoms with E-state index in [9.17, 15) is 9.50 Å². The summed E-state index contributed by atoms with van der Waals surface area (Å²) in [6.45, 7) is 4.51. The number of methoxy groups -OCH3 is 1. The number of hydrogen-bond acceptors (Lipinski definition) is 5. The molecule has 0 saturated carbocycles. The van der Waals surface area contributed by atoms with Crippen molar-refractivity contribution in [2.45, 2.75) is 12.6 Å². The van der Waals surface area contributed by atoms with Crippen LogP contribution < -0.4 is 9.47 Å². The number of aliphatic hydroxyl groups is 1. The normalized spacial score (nSPS) is 16.7. The van der Waals surface area contributed by atoms with Gasteiger partial charge in [-0.1, -0.05) is 17.7 Å². The lowest BCUT2D eigenvalue weighted by Crippen LogP contribution is -2.48. The minimum Gasteiger partial charge on any atom is -0.497 e.